The highest BCUT2D eigenvalue weighted by Crippen LogP contribution is 2.49. The summed E-state index contributed by atoms with van der Waals surface area (Å²) < 4.78 is 48.7. The Labute approximate surface area is 225 Å². The molecule has 218 valence electrons. The van der Waals surface area contributed by atoms with Crippen molar-refractivity contribution in [3.63, 3.8) is 0 Å². The highest BCUT2D eigenvalue weighted by atomic mass is 31.2. The number of aromatic amines is 1. The first kappa shape index (κ1) is 28.2. The molecule has 0 saturated carbocycles. The highest BCUT2D eigenvalue weighted by Gasteiger charge is 2.44. The Morgan fingerprint density at radius 3 is 2.42 bits per heavy atom. The molecule has 0 radical (unpaired) electrons. The SMILES string of the molecule is COC[C@H]1O[C@@H](n2cnc3c(=O)[nH]c(N)nc32)CC1OP(=O)(O)OC[C@H]1O[C@@H](n2cnc(N)nc2=O)CC1OC. The van der Waals surface area contributed by atoms with Gasteiger partial charge < -0.3 is 35.3 Å². The molecule has 2 aliphatic heterocycles. The Hall–Kier alpha value is -3.29. The van der Waals surface area contributed by atoms with Crippen LogP contribution >= 0.6 is 7.82 Å². The number of imidazole rings is 1. The molecule has 3 aromatic heterocycles. The molecule has 0 aromatic carbocycles. The average Bonchev–Trinajstić information content (AvgIpc) is 3.60. The fourth-order valence-corrected chi connectivity index (χ4v) is 5.60. The van der Waals surface area contributed by atoms with Crippen LogP contribution in [0.3, 0.4) is 0 Å². The van der Waals surface area contributed by atoms with Gasteiger partial charge in [-0.1, -0.05) is 0 Å². The number of hydrogen-bond donors (Lipinski definition) is 4. The Morgan fingerprint density at radius 1 is 1.05 bits per heavy atom. The van der Waals surface area contributed by atoms with E-state index in [9.17, 15) is 19.0 Å². The van der Waals surface area contributed by atoms with Crippen molar-refractivity contribution in [1.29, 1.82) is 0 Å². The lowest BCUT2D eigenvalue weighted by Crippen LogP contribution is -2.30. The Balaban J connectivity index is 1.25. The maximum absolute atomic E-state index is 12.9. The van der Waals surface area contributed by atoms with E-state index in [-0.39, 0.29) is 42.5 Å². The molecule has 0 spiro atoms. The van der Waals surface area contributed by atoms with Gasteiger partial charge >= 0.3 is 13.5 Å². The number of nitrogens with two attached hydrogens (primary N) is 2. The molecule has 20 heteroatoms. The van der Waals surface area contributed by atoms with Gasteiger partial charge in [-0.2, -0.15) is 9.97 Å². The Morgan fingerprint density at radius 2 is 1.73 bits per heavy atom. The minimum absolute atomic E-state index is 0.0293. The number of rotatable bonds is 10. The third-order valence-electron chi connectivity index (χ3n) is 6.48. The molecule has 3 aromatic rings. The summed E-state index contributed by atoms with van der Waals surface area (Å²) in [7, 11) is -1.79. The van der Waals surface area contributed by atoms with Gasteiger partial charge in [-0.15, -0.1) is 0 Å². The largest absolute Gasteiger partial charge is 0.472 e. The molecule has 0 bridgehead atoms. The molecule has 2 saturated heterocycles. The van der Waals surface area contributed by atoms with Crippen LogP contribution in [0.1, 0.15) is 25.3 Å². The molecular formula is C20H28N9O10P. The lowest BCUT2D eigenvalue weighted by molar-refractivity contribution is -0.0642. The van der Waals surface area contributed by atoms with E-state index in [0.717, 1.165) is 4.57 Å². The lowest BCUT2D eigenvalue weighted by Gasteiger charge is -2.23. The molecular weight excluding hydrogens is 557 g/mol. The summed E-state index contributed by atoms with van der Waals surface area (Å²) in [6.45, 7) is -0.362. The van der Waals surface area contributed by atoms with Gasteiger partial charge in [-0.05, 0) is 0 Å². The number of nitrogen functional groups attached to an aromatic ring is 2. The number of phosphoric ester groups is 1. The van der Waals surface area contributed by atoms with Crippen molar-refractivity contribution in [2.75, 3.05) is 38.9 Å². The zero-order valence-electron chi connectivity index (χ0n) is 21.4. The number of fused-ring (bicyclic) bond motifs is 1. The second-order valence-corrected chi connectivity index (χ2v) is 10.5. The second-order valence-electron chi connectivity index (χ2n) is 9.05. The summed E-state index contributed by atoms with van der Waals surface area (Å²) in [5.41, 5.74) is 10.1. The first-order valence-corrected chi connectivity index (χ1v) is 13.5. The van der Waals surface area contributed by atoms with Crippen molar-refractivity contribution >= 4 is 30.9 Å². The number of H-pyrrole nitrogens is 1. The predicted octanol–water partition coefficient (Wildman–Crippen LogP) is -1.33. The van der Waals surface area contributed by atoms with E-state index in [4.69, 9.17) is 39.5 Å². The molecule has 2 fully saturated rings. The van der Waals surface area contributed by atoms with Crippen LogP contribution in [-0.4, -0.2) is 90.8 Å². The van der Waals surface area contributed by atoms with E-state index in [1.165, 1.54) is 31.4 Å². The number of phosphoric acid groups is 1. The quantitative estimate of drug-likeness (QED) is 0.201. The van der Waals surface area contributed by atoms with E-state index in [0.29, 0.717) is 0 Å². The lowest BCUT2D eigenvalue weighted by atomic mass is 10.2. The standard InChI is InChI=1S/C20H28N9O10P/c1-34-5-11-10(4-13(37-11)28-7-23-15-16(28)25-19(22)26-17(15)30)39-40(32,33)36-6-12-9(35-2)3-14(38-12)29-8-24-18(21)27-20(29)31/h7-14H,3-6H2,1-2H3,(H,32,33)(H2,21,27,31)(H3,22,25,26,30)/t9?,10?,11-,12-,13-,14-/m1/s1. The maximum Gasteiger partial charge on any atom is 0.472 e. The van der Waals surface area contributed by atoms with E-state index in [1.54, 1.807) is 0 Å². The number of ether oxygens (including phenoxy) is 4. The molecule has 0 aliphatic carbocycles. The first-order valence-electron chi connectivity index (χ1n) is 12.0. The summed E-state index contributed by atoms with van der Waals surface area (Å²) in [4.78, 5) is 52.7. The third-order valence-corrected chi connectivity index (χ3v) is 7.49. The van der Waals surface area contributed by atoms with Crippen LogP contribution in [0.5, 0.6) is 0 Å². The Kier molecular flexibility index (Phi) is 7.98. The van der Waals surface area contributed by atoms with E-state index < -0.39 is 62.6 Å². The minimum atomic E-state index is -4.66. The zero-order chi connectivity index (χ0) is 28.6. The predicted molar refractivity (Wildman–Crippen MR) is 134 cm³/mol. The molecule has 2 aliphatic rings. The van der Waals surface area contributed by atoms with Crippen molar-refractivity contribution in [3.8, 4) is 0 Å². The second kappa shape index (κ2) is 11.3. The summed E-state index contributed by atoms with van der Waals surface area (Å²) in [5, 5.41) is 0. The van der Waals surface area contributed by atoms with Crippen molar-refractivity contribution in [2.45, 2.75) is 49.7 Å². The molecule has 5 heterocycles. The van der Waals surface area contributed by atoms with Crippen molar-refractivity contribution < 1.29 is 37.5 Å². The molecule has 3 unspecified atom stereocenters. The molecule has 5 rings (SSSR count). The van der Waals surface area contributed by atoms with Crippen molar-refractivity contribution in [2.24, 2.45) is 0 Å². The van der Waals surface area contributed by atoms with E-state index in [1.807, 2.05) is 0 Å². The number of methoxy groups -OCH3 is 2. The van der Waals surface area contributed by atoms with Gasteiger partial charge in [-0.3, -0.25) is 28.0 Å². The van der Waals surface area contributed by atoms with Crippen LogP contribution < -0.4 is 22.7 Å². The van der Waals surface area contributed by atoms with Gasteiger partial charge in [0, 0.05) is 27.1 Å². The number of anilines is 2. The fraction of sp³-hybridized carbons (Fsp3) is 0.600. The molecule has 7 atom stereocenters. The fourth-order valence-electron chi connectivity index (χ4n) is 4.64. The van der Waals surface area contributed by atoms with Gasteiger partial charge in [0.2, 0.25) is 11.9 Å². The first-order chi connectivity index (χ1) is 19.1. The van der Waals surface area contributed by atoms with Gasteiger partial charge in [0.15, 0.2) is 11.2 Å². The van der Waals surface area contributed by atoms with Gasteiger partial charge in [0.05, 0.1) is 25.6 Å². The van der Waals surface area contributed by atoms with Crippen LogP contribution in [0.2, 0.25) is 0 Å². The van der Waals surface area contributed by atoms with Gasteiger partial charge in [0.1, 0.15) is 37.1 Å². The van der Waals surface area contributed by atoms with Crippen LogP contribution in [0.15, 0.2) is 22.2 Å². The van der Waals surface area contributed by atoms with Crippen LogP contribution in [0.25, 0.3) is 11.2 Å². The summed E-state index contributed by atoms with van der Waals surface area (Å²) >= 11 is 0. The Bertz CT molecular complexity index is 1530. The maximum atomic E-state index is 12.9. The van der Waals surface area contributed by atoms with Crippen LogP contribution in [-0.2, 0) is 32.6 Å². The number of hydrogen-bond acceptors (Lipinski definition) is 15. The molecule has 6 N–H and O–H groups in total. The van der Waals surface area contributed by atoms with Crippen molar-refractivity contribution in [3.05, 3.63) is 33.5 Å². The molecule has 40 heavy (non-hydrogen) atoms. The summed E-state index contributed by atoms with van der Waals surface area (Å²) in [6.07, 6.45) is -1.83. The van der Waals surface area contributed by atoms with Crippen LogP contribution in [0, 0.1) is 0 Å². The zero-order valence-corrected chi connectivity index (χ0v) is 22.2. The van der Waals surface area contributed by atoms with E-state index in [2.05, 4.69) is 24.9 Å². The third kappa shape index (κ3) is 5.77. The van der Waals surface area contributed by atoms with Crippen molar-refractivity contribution in [1.82, 2.24) is 34.1 Å². The number of nitrogens with zero attached hydrogens (tertiary/aromatic N) is 6. The average molecular weight is 585 g/mol. The minimum Gasteiger partial charge on any atom is -0.382 e. The van der Waals surface area contributed by atoms with Gasteiger partial charge in [-0.25, -0.2) is 19.3 Å². The number of aromatic nitrogens is 7. The summed E-state index contributed by atoms with van der Waals surface area (Å²) in [5.74, 6) is -0.285. The molecule has 0 amide bonds. The smallest absolute Gasteiger partial charge is 0.382 e. The van der Waals surface area contributed by atoms with E-state index >= 15 is 0 Å². The monoisotopic (exact) mass is 585 g/mol. The van der Waals surface area contributed by atoms with Crippen LogP contribution in [0.4, 0.5) is 11.9 Å². The normalized spacial score (nSPS) is 28.3. The number of nitrogens with one attached hydrogen (secondary N) is 1. The molecule has 19 nitrogen and oxygen atoms in total. The van der Waals surface area contributed by atoms with Gasteiger partial charge in [0.25, 0.3) is 5.56 Å². The highest BCUT2D eigenvalue weighted by molar-refractivity contribution is 7.47. The topological polar surface area (TPSA) is 256 Å². The summed E-state index contributed by atoms with van der Waals surface area (Å²) in [6, 6.07) is 0.